The van der Waals surface area contributed by atoms with Crippen LogP contribution in [0.25, 0.3) is 0 Å². The first-order valence-electron chi connectivity index (χ1n) is 11.8. The highest BCUT2D eigenvalue weighted by molar-refractivity contribution is 7.92. The second kappa shape index (κ2) is 12.7. The van der Waals surface area contributed by atoms with Crippen molar-refractivity contribution in [1.82, 2.24) is 10.2 Å². The third kappa shape index (κ3) is 8.35. The standard InChI is InChI=1S/C26H36FN3O4S/c1-6-20(3)28-26(32)21(4)29(18-22-12-9-11-19(2)17-22)25(31)15-10-16-30(35(5,33)34)24-14-8-7-13-23(24)27/h7-9,11-14,17,20-21H,6,10,15-16,18H2,1-5H3,(H,28,32). The Morgan fingerprint density at radius 3 is 2.37 bits per heavy atom. The summed E-state index contributed by atoms with van der Waals surface area (Å²) in [5.41, 5.74) is 1.88. The SMILES string of the molecule is CCC(C)NC(=O)C(C)N(Cc1cccc(C)c1)C(=O)CCCN(c1ccccc1F)S(C)(=O)=O. The Hall–Kier alpha value is -2.94. The number of rotatable bonds is 12. The molecule has 2 aromatic rings. The molecular formula is C26H36FN3O4S. The summed E-state index contributed by atoms with van der Waals surface area (Å²) in [6.45, 7) is 7.70. The number of hydrogen-bond acceptors (Lipinski definition) is 4. The molecule has 2 rings (SSSR count). The van der Waals surface area contributed by atoms with E-state index in [4.69, 9.17) is 0 Å². The molecule has 2 amide bonds. The highest BCUT2D eigenvalue weighted by atomic mass is 32.2. The van der Waals surface area contributed by atoms with Crippen LogP contribution in [0.1, 0.15) is 51.2 Å². The smallest absolute Gasteiger partial charge is 0.242 e. The fourth-order valence-electron chi connectivity index (χ4n) is 3.69. The molecule has 2 unspecified atom stereocenters. The van der Waals surface area contributed by atoms with Gasteiger partial charge >= 0.3 is 0 Å². The maximum absolute atomic E-state index is 14.3. The molecule has 0 bridgehead atoms. The molecule has 0 fully saturated rings. The molecule has 9 heteroatoms. The number of nitrogens with zero attached hydrogens (tertiary/aromatic N) is 2. The minimum atomic E-state index is -3.75. The van der Waals surface area contributed by atoms with Crippen LogP contribution in [0.3, 0.4) is 0 Å². The zero-order chi connectivity index (χ0) is 26.2. The first kappa shape index (κ1) is 28.3. The van der Waals surface area contributed by atoms with E-state index in [2.05, 4.69) is 5.32 Å². The molecule has 0 spiro atoms. The van der Waals surface area contributed by atoms with E-state index in [1.807, 2.05) is 45.0 Å². The van der Waals surface area contributed by atoms with Gasteiger partial charge in [-0.3, -0.25) is 13.9 Å². The third-order valence-electron chi connectivity index (χ3n) is 5.88. The van der Waals surface area contributed by atoms with E-state index in [-0.39, 0.29) is 49.5 Å². The molecule has 0 aliphatic heterocycles. The molecular weight excluding hydrogens is 469 g/mol. The molecule has 2 aromatic carbocycles. The lowest BCUT2D eigenvalue weighted by Crippen LogP contribution is -2.49. The van der Waals surface area contributed by atoms with Gasteiger partial charge in [0.1, 0.15) is 11.9 Å². The van der Waals surface area contributed by atoms with E-state index >= 15 is 0 Å². The zero-order valence-electron chi connectivity index (χ0n) is 21.1. The number of hydrogen-bond donors (Lipinski definition) is 1. The average molecular weight is 506 g/mol. The van der Waals surface area contributed by atoms with Crippen LogP contribution in [0.2, 0.25) is 0 Å². The summed E-state index contributed by atoms with van der Waals surface area (Å²) < 4.78 is 39.8. The number of benzene rings is 2. The minimum absolute atomic E-state index is 0.00718. The second-order valence-electron chi connectivity index (χ2n) is 8.89. The van der Waals surface area contributed by atoms with Gasteiger partial charge in [-0.15, -0.1) is 0 Å². The summed E-state index contributed by atoms with van der Waals surface area (Å²) in [6, 6.07) is 12.6. The van der Waals surface area contributed by atoms with Crippen LogP contribution in [0.15, 0.2) is 48.5 Å². The van der Waals surface area contributed by atoms with Crippen molar-refractivity contribution < 1.29 is 22.4 Å². The molecule has 1 N–H and O–H groups in total. The van der Waals surface area contributed by atoms with Gasteiger partial charge in [-0.05, 0) is 51.3 Å². The number of anilines is 1. The Morgan fingerprint density at radius 2 is 1.77 bits per heavy atom. The van der Waals surface area contributed by atoms with Gasteiger partial charge in [0.15, 0.2) is 0 Å². The molecule has 0 aliphatic carbocycles. The van der Waals surface area contributed by atoms with Gasteiger partial charge in [-0.1, -0.05) is 48.9 Å². The molecule has 0 heterocycles. The molecule has 0 radical (unpaired) electrons. The van der Waals surface area contributed by atoms with Crippen LogP contribution in [-0.2, 0) is 26.2 Å². The van der Waals surface area contributed by atoms with Crippen LogP contribution in [0.4, 0.5) is 10.1 Å². The Kier molecular flexibility index (Phi) is 10.2. The Labute approximate surface area is 208 Å². The monoisotopic (exact) mass is 505 g/mol. The first-order chi connectivity index (χ1) is 16.4. The van der Waals surface area contributed by atoms with Crippen molar-refractivity contribution in [2.24, 2.45) is 0 Å². The first-order valence-corrected chi connectivity index (χ1v) is 13.7. The van der Waals surface area contributed by atoms with Gasteiger partial charge in [0.05, 0.1) is 11.9 Å². The molecule has 0 saturated carbocycles. The average Bonchev–Trinajstić information content (AvgIpc) is 2.79. The van der Waals surface area contributed by atoms with E-state index in [1.54, 1.807) is 13.0 Å². The summed E-state index contributed by atoms with van der Waals surface area (Å²) >= 11 is 0. The molecule has 0 aliphatic rings. The van der Waals surface area contributed by atoms with Crippen molar-refractivity contribution in [3.8, 4) is 0 Å². The highest BCUT2D eigenvalue weighted by Crippen LogP contribution is 2.22. The largest absolute Gasteiger partial charge is 0.352 e. The van der Waals surface area contributed by atoms with Gasteiger partial charge in [-0.2, -0.15) is 0 Å². The van der Waals surface area contributed by atoms with Gasteiger partial charge in [0, 0.05) is 25.6 Å². The van der Waals surface area contributed by atoms with Crippen LogP contribution in [0, 0.1) is 12.7 Å². The number of amides is 2. The predicted molar refractivity (Wildman–Crippen MR) is 137 cm³/mol. The third-order valence-corrected chi connectivity index (χ3v) is 7.06. The van der Waals surface area contributed by atoms with Crippen molar-refractivity contribution in [3.05, 3.63) is 65.5 Å². The summed E-state index contributed by atoms with van der Waals surface area (Å²) in [5.74, 6) is -1.18. The lowest BCUT2D eigenvalue weighted by molar-refractivity contribution is -0.140. The molecule has 0 saturated heterocycles. The zero-order valence-corrected chi connectivity index (χ0v) is 21.9. The van der Waals surface area contributed by atoms with E-state index in [9.17, 15) is 22.4 Å². The van der Waals surface area contributed by atoms with Crippen molar-refractivity contribution in [3.63, 3.8) is 0 Å². The minimum Gasteiger partial charge on any atom is -0.352 e. The Morgan fingerprint density at radius 1 is 1.09 bits per heavy atom. The summed E-state index contributed by atoms with van der Waals surface area (Å²) in [5, 5.41) is 2.92. The van der Waals surface area contributed by atoms with E-state index < -0.39 is 21.9 Å². The fraction of sp³-hybridized carbons (Fsp3) is 0.462. The number of aryl methyl sites for hydroxylation is 1. The molecule has 192 valence electrons. The molecule has 2 atom stereocenters. The maximum atomic E-state index is 14.3. The second-order valence-corrected chi connectivity index (χ2v) is 10.8. The lowest BCUT2D eigenvalue weighted by atomic mass is 10.1. The molecule has 7 nitrogen and oxygen atoms in total. The topological polar surface area (TPSA) is 86.8 Å². The highest BCUT2D eigenvalue weighted by Gasteiger charge is 2.27. The number of nitrogens with one attached hydrogen (secondary N) is 1. The lowest BCUT2D eigenvalue weighted by Gasteiger charge is -2.30. The predicted octanol–water partition coefficient (Wildman–Crippen LogP) is 4.01. The molecule has 35 heavy (non-hydrogen) atoms. The van der Waals surface area contributed by atoms with Gasteiger partial charge in [-0.25, -0.2) is 12.8 Å². The number of carbonyl (C=O) groups excluding carboxylic acids is 2. The van der Waals surface area contributed by atoms with Gasteiger partial charge in [0.2, 0.25) is 21.8 Å². The number of sulfonamides is 1. The van der Waals surface area contributed by atoms with Crippen molar-refractivity contribution in [2.45, 2.75) is 65.6 Å². The van der Waals surface area contributed by atoms with Crippen LogP contribution in [0.5, 0.6) is 0 Å². The summed E-state index contributed by atoms with van der Waals surface area (Å²) in [4.78, 5) is 27.6. The summed E-state index contributed by atoms with van der Waals surface area (Å²) in [7, 11) is -3.75. The Bertz CT molecular complexity index is 1120. The van der Waals surface area contributed by atoms with E-state index in [0.29, 0.717) is 0 Å². The van der Waals surface area contributed by atoms with Crippen molar-refractivity contribution in [2.75, 3.05) is 17.1 Å². The quantitative estimate of drug-likeness (QED) is 0.472. The van der Waals surface area contributed by atoms with Crippen LogP contribution in [-0.4, -0.2) is 50.0 Å². The van der Waals surface area contributed by atoms with Gasteiger partial charge in [0.25, 0.3) is 0 Å². The number of halogens is 1. The van der Waals surface area contributed by atoms with Crippen LogP contribution < -0.4 is 9.62 Å². The van der Waals surface area contributed by atoms with Crippen LogP contribution >= 0.6 is 0 Å². The van der Waals surface area contributed by atoms with Crippen molar-refractivity contribution in [1.29, 1.82) is 0 Å². The van der Waals surface area contributed by atoms with Gasteiger partial charge < -0.3 is 10.2 Å². The maximum Gasteiger partial charge on any atom is 0.242 e. The fourth-order valence-corrected chi connectivity index (χ4v) is 4.66. The normalized spacial score (nSPS) is 13.1. The number of para-hydroxylation sites is 1. The summed E-state index contributed by atoms with van der Waals surface area (Å²) in [6.07, 6.45) is 1.95. The van der Waals surface area contributed by atoms with Crippen molar-refractivity contribution >= 4 is 27.5 Å². The Balaban J connectivity index is 2.18. The van der Waals surface area contributed by atoms with E-state index in [0.717, 1.165) is 28.1 Å². The molecule has 0 aromatic heterocycles. The van der Waals surface area contributed by atoms with E-state index in [1.165, 1.54) is 23.1 Å². The number of carbonyl (C=O) groups is 2.